The minimum atomic E-state index is 0.402. The maximum atomic E-state index is 5.98. The van der Waals surface area contributed by atoms with Gasteiger partial charge in [-0.25, -0.2) is 0 Å². The highest BCUT2D eigenvalue weighted by Gasteiger charge is 2.09. The quantitative estimate of drug-likeness (QED) is 0.519. The third kappa shape index (κ3) is 4.73. The van der Waals surface area contributed by atoms with Crippen LogP contribution in [0.3, 0.4) is 0 Å². The standard InChI is InChI=1S/C13H18Cl2O/c1-2-16-9-3-4-12(10-14)11-5-7-13(15)8-6-11/h5-8,12H,2-4,9-10H2,1H3. The lowest BCUT2D eigenvalue weighted by Crippen LogP contribution is -2.03. The molecular weight excluding hydrogens is 243 g/mol. The molecule has 0 fully saturated rings. The maximum absolute atomic E-state index is 5.98. The Bertz CT molecular complexity index is 284. The van der Waals surface area contributed by atoms with Crippen LogP contribution in [0.2, 0.25) is 5.02 Å². The second kappa shape index (κ2) is 7.94. The molecule has 1 unspecified atom stereocenters. The molecule has 0 saturated heterocycles. The van der Waals surface area contributed by atoms with E-state index in [-0.39, 0.29) is 0 Å². The zero-order valence-corrected chi connectivity index (χ0v) is 11.1. The van der Waals surface area contributed by atoms with Crippen LogP contribution in [0.1, 0.15) is 31.2 Å². The minimum Gasteiger partial charge on any atom is -0.382 e. The Balaban J connectivity index is 2.44. The van der Waals surface area contributed by atoms with Crippen molar-refractivity contribution < 1.29 is 4.74 Å². The molecule has 0 amide bonds. The van der Waals surface area contributed by atoms with Crippen molar-refractivity contribution in [3.63, 3.8) is 0 Å². The van der Waals surface area contributed by atoms with Gasteiger partial charge in [-0.1, -0.05) is 23.7 Å². The van der Waals surface area contributed by atoms with E-state index in [1.807, 2.05) is 19.1 Å². The van der Waals surface area contributed by atoms with E-state index in [1.165, 1.54) is 5.56 Å². The highest BCUT2D eigenvalue weighted by Crippen LogP contribution is 2.24. The number of ether oxygens (including phenoxy) is 1. The molecule has 0 N–H and O–H groups in total. The summed E-state index contributed by atoms with van der Waals surface area (Å²) < 4.78 is 5.32. The summed E-state index contributed by atoms with van der Waals surface area (Å²) in [6.45, 7) is 3.61. The van der Waals surface area contributed by atoms with Gasteiger partial charge in [-0.2, -0.15) is 0 Å². The van der Waals surface area contributed by atoms with Crippen LogP contribution in [0.25, 0.3) is 0 Å². The Hall–Kier alpha value is -0.240. The summed E-state index contributed by atoms with van der Waals surface area (Å²) in [6, 6.07) is 7.93. The van der Waals surface area contributed by atoms with Gasteiger partial charge in [-0.05, 0) is 43.4 Å². The second-order valence-corrected chi connectivity index (χ2v) is 4.49. The fourth-order valence-corrected chi connectivity index (χ4v) is 2.10. The van der Waals surface area contributed by atoms with E-state index >= 15 is 0 Å². The molecule has 1 atom stereocenters. The van der Waals surface area contributed by atoms with Crippen LogP contribution in [0.4, 0.5) is 0 Å². The van der Waals surface area contributed by atoms with Gasteiger partial charge in [0.1, 0.15) is 0 Å². The van der Waals surface area contributed by atoms with Gasteiger partial charge in [0.05, 0.1) is 0 Å². The summed E-state index contributed by atoms with van der Waals surface area (Å²) in [7, 11) is 0. The third-order valence-corrected chi connectivity index (χ3v) is 3.20. The first-order valence-corrected chi connectivity index (χ1v) is 6.58. The summed E-state index contributed by atoms with van der Waals surface area (Å²) >= 11 is 11.8. The average Bonchev–Trinajstić information content (AvgIpc) is 2.31. The van der Waals surface area contributed by atoms with Crippen LogP contribution >= 0.6 is 23.2 Å². The molecule has 0 heterocycles. The number of benzene rings is 1. The summed E-state index contributed by atoms with van der Waals surface area (Å²) in [6.07, 6.45) is 2.11. The van der Waals surface area contributed by atoms with Crippen LogP contribution in [0.15, 0.2) is 24.3 Å². The van der Waals surface area contributed by atoms with Crippen molar-refractivity contribution in [2.45, 2.75) is 25.7 Å². The molecule has 1 aromatic carbocycles. The van der Waals surface area contributed by atoms with Crippen molar-refractivity contribution in [3.05, 3.63) is 34.9 Å². The van der Waals surface area contributed by atoms with Crippen molar-refractivity contribution in [2.75, 3.05) is 19.1 Å². The number of rotatable bonds is 7. The van der Waals surface area contributed by atoms with Gasteiger partial charge in [-0.15, -0.1) is 11.6 Å². The molecule has 0 aromatic heterocycles. The molecule has 0 aliphatic heterocycles. The second-order valence-electron chi connectivity index (χ2n) is 3.74. The first-order chi connectivity index (χ1) is 7.77. The Morgan fingerprint density at radius 2 is 1.94 bits per heavy atom. The zero-order valence-electron chi connectivity index (χ0n) is 9.59. The van der Waals surface area contributed by atoms with E-state index < -0.39 is 0 Å². The molecule has 0 radical (unpaired) electrons. The number of hydrogen-bond acceptors (Lipinski definition) is 1. The molecule has 0 bridgehead atoms. The number of hydrogen-bond donors (Lipinski definition) is 0. The van der Waals surface area contributed by atoms with Crippen molar-refractivity contribution in [2.24, 2.45) is 0 Å². The molecular formula is C13H18Cl2O. The highest BCUT2D eigenvalue weighted by molar-refractivity contribution is 6.30. The summed E-state index contributed by atoms with van der Waals surface area (Å²) in [5, 5.41) is 0.770. The number of alkyl halides is 1. The SMILES string of the molecule is CCOCCCC(CCl)c1ccc(Cl)cc1. The van der Waals surface area contributed by atoms with Gasteiger partial charge in [0.25, 0.3) is 0 Å². The Kier molecular flexibility index (Phi) is 6.86. The smallest absolute Gasteiger partial charge is 0.0466 e. The predicted octanol–water partition coefficient (Wildman–Crippen LogP) is 4.48. The molecule has 1 rings (SSSR count). The van der Waals surface area contributed by atoms with E-state index in [9.17, 15) is 0 Å². The Morgan fingerprint density at radius 3 is 2.50 bits per heavy atom. The minimum absolute atomic E-state index is 0.402. The third-order valence-electron chi connectivity index (χ3n) is 2.57. The van der Waals surface area contributed by atoms with Gasteiger partial charge >= 0.3 is 0 Å². The zero-order chi connectivity index (χ0) is 11.8. The summed E-state index contributed by atoms with van der Waals surface area (Å²) in [5.74, 6) is 1.05. The van der Waals surface area contributed by atoms with Crippen molar-refractivity contribution in [3.8, 4) is 0 Å². The molecule has 0 saturated carbocycles. The van der Waals surface area contributed by atoms with Crippen molar-refractivity contribution in [1.82, 2.24) is 0 Å². The molecule has 3 heteroatoms. The van der Waals surface area contributed by atoms with Crippen LogP contribution in [-0.4, -0.2) is 19.1 Å². The molecule has 0 spiro atoms. The first-order valence-electron chi connectivity index (χ1n) is 5.67. The summed E-state index contributed by atoms with van der Waals surface area (Å²) in [4.78, 5) is 0. The van der Waals surface area contributed by atoms with E-state index in [4.69, 9.17) is 27.9 Å². The Labute approximate surface area is 108 Å². The van der Waals surface area contributed by atoms with E-state index in [1.54, 1.807) is 0 Å². The van der Waals surface area contributed by atoms with E-state index in [0.717, 1.165) is 31.1 Å². The molecule has 90 valence electrons. The normalized spacial score (nSPS) is 12.7. The van der Waals surface area contributed by atoms with Gasteiger partial charge in [-0.3, -0.25) is 0 Å². The van der Waals surface area contributed by atoms with Crippen LogP contribution in [0, 0.1) is 0 Å². The van der Waals surface area contributed by atoms with Gasteiger partial charge in [0.2, 0.25) is 0 Å². The monoisotopic (exact) mass is 260 g/mol. The molecule has 16 heavy (non-hydrogen) atoms. The lowest BCUT2D eigenvalue weighted by molar-refractivity contribution is 0.142. The highest BCUT2D eigenvalue weighted by atomic mass is 35.5. The van der Waals surface area contributed by atoms with E-state index in [2.05, 4.69) is 12.1 Å². The van der Waals surface area contributed by atoms with Crippen LogP contribution in [0.5, 0.6) is 0 Å². The maximum Gasteiger partial charge on any atom is 0.0466 e. The topological polar surface area (TPSA) is 9.23 Å². The van der Waals surface area contributed by atoms with Crippen molar-refractivity contribution >= 4 is 23.2 Å². The lowest BCUT2D eigenvalue weighted by Gasteiger charge is -2.14. The first kappa shape index (κ1) is 13.8. The molecule has 0 aliphatic rings. The van der Waals surface area contributed by atoms with Gasteiger partial charge < -0.3 is 4.74 Å². The average molecular weight is 261 g/mol. The largest absolute Gasteiger partial charge is 0.382 e. The van der Waals surface area contributed by atoms with Crippen molar-refractivity contribution in [1.29, 1.82) is 0 Å². The Morgan fingerprint density at radius 1 is 1.25 bits per heavy atom. The predicted molar refractivity (Wildman–Crippen MR) is 70.6 cm³/mol. The van der Waals surface area contributed by atoms with Crippen LogP contribution in [-0.2, 0) is 4.74 Å². The number of halogens is 2. The van der Waals surface area contributed by atoms with Gasteiger partial charge in [0, 0.05) is 24.1 Å². The fraction of sp³-hybridized carbons (Fsp3) is 0.538. The molecule has 1 aromatic rings. The van der Waals surface area contributed by atoms with Gasteiger partial charge in [0.15, 0.2) is 0 Å². The molecule has 0 aliphatic carbocycles. The molecule has 1 nitrogen and oxygen atoms in total. The van der Waals surface area contributed by atoms with E-state index in [0.29, 0.717) is 11.8 Å². The van der Waals surface area contributed by atoms with Crippen LogP contribution < -0.4 is 0 Å². The lowest BCUT2D eigenvalue weighted by atomic mass is 9.96. The summed E-state index contributed by atoms with van der Waals surface area (Å²) in [5.41, 5.74) is 1.26. The fourth-order valence-electron chi connectivity index (χ4n) is 1.64.